The highest BCUT2D eigenvalue weighted by Gasteiger charge is 2.20. The van der Waals surface area contributed by atoms with Crippen molar-refractivity contribution >= 4 is 11.6 Å². The molecule has 0 saturated heterocycles. The SMILES string of the molecule is CC(C)[C@H]([NH2+]CC(=O)Nc1ccccc1F)c1ccccc1. The van der Waals surface area contributed by atoms with Gasteiger partial charge in [0.2, 0.25) is 0 Å². The summed E-state index contributed by atoms with van der Waals surface area (Å²) in [6.45, 7) is 4.51. The number of amides is 1. The number of benzene rings is 2. The lowest BCUT2D eigenvalue weighted by molar-refractivity contribution is -0.692. The van der Waals surface area contributed by atoms with Crippen molar-refractivity contribution in [2.45, 2.75) is 19.9 Å². The molecule has 0 unspecified atom stereocenters. The molecule has 22 heavy (non-hydrogen) atoms. The van der Waals surface area contributed by atoms with Crippen LogP contribution in [0.5, 0.6) is 0 Å². The summed E-state index contributed by atoms with van der Waals surface area (Å²) in [6.07, 6.45) is 0. The average Bonchev–Trinajstić information content (AvgIpc) is 2.50. The van der Waals surface area contributed by atoms with Gasteiger partial charge in [-0.15, -0.1) is 0 Å². The number of para-hydroxylation sites is 1. The Morgan fingerprint density at radius 3 is 2.36 bits per heavy atom. The van der Waals surface area contributed by atoms with Crippen molar-refractivity contribution in [1.82, 2.24) is 0 Å². The molecule has 0 heterocycles. The molecular formula is C18H22FN2O+. The number of carbonyl (C=O) groups excluding carboxylic acids is 1. The van der Waals surface area contributed by atoms with Crippen molar-refractivity contribution < 1.29 is 14.5 Å². The maximum absolute atomic E-state index is 13.5. The molecule has 1 atom stereocenters. The van der Waals surface area contributed by atoms with Crippen LogP contribution in [0.25, 0.3) is 0 Å². The number of carbonyl (C=O) groups is 1. The molecule has 0 aromatic heterocycles. The summed E-state index contributed by atoms with van der Waals surface area (Å²) in [7, 11) is 0. The van der Waals surface area contributed by atoms with Crippen LogP contribution in [-0.4, -0.2) is 12.5 Å². The number of hydrogen-bond acceptors (Lipinski definition) is 1. The van der Waals surface area contributed by atoms with Crippen molar-refractivity contribution in [3.63, 3.8) is 0 Å². The van der Waals surface area contributed by atoms with Crippen LogP contribution in [0.4, 0.5) is 10.1 Å². The van der Waals surface area contributed by atoms with Crippen LogP contribution in [-0.2, 0) is 4.79 Å². The van der Waals surface area contributed by atoms with Crippen LogP contribution in [0.2, 0.25) is 0 Å². The highest BCUT2D eigenvalue weighted by atomic mass is 19.1. The fraction of sp³-hybridized carbons (Fsp3) is 0.278. The summed E-state index contributed by atoms with van der Waals surface area (Å²) in [6, 6.07) is 16.5. The van der Waals surface area contributed by atoms with E-state index >= 15 is 0 Å². The minimum atomic E-state index is -0.417. The summed E-state index contributed by atoms with van der Waals surface area (Å²) in [4.78, 5) is 12.0. The van der Waals surface area contributed by atoms with Gasteiger partial charge >= 0.3 is 0 Å². The highest BCUT2D eigenvalue weighted by molar-refractivity contribution is 5.91. The summed E-state index contributed by atoms with van der Waals surface area (Å²) in [5.74, 6) is -0.227. The lowest BCUT2D eigenvalue weighted by Crippen LogP contribution is -2.88. The second-order valence-corrected chi connectivity index (χ2v) is 5.65. The Morgan fingerprint density at radius 2 is 1.73 bits per heavy atom. The Bertz CT molecular complexity index is 613. The molecule has 0 spiro atoms. The van der Waals surface area contributed by atoms with E-state index in [0.29, 0.717) is 5.92 Å². The number of nitrogens with one attached hydrogen (secondary N) is 1. The Labute approximate surface area is 130 Å². The van der Waals surface area contributed by atoms with Gasteiger partial charge in [-0.05, 0) is 12.1 Å². The van der Waals surface area contributed by atoms with Crippen molar-refractivity contribution in [2.24, 2.45) is 5.92 Å². The summed E-state index contributed by atoms with van der Waals surface area (Å²) in [5.41, 5.74) is 1.41. The van der Waals surface area contributed by atoms with Crippen LogP contribution in [0.15, 0.2) is 54.6 Å². The molecule has 0 fully saturated rings. The first-order valence-corrected chi connectivity index (χ1v) is 7.50. The monoisotopic (exact) mass is 301 g/mol. The third kappa shape index (κ3) is 4.40. The zero-order chi connectivity index (χ0) is 15.9. The van der Waals surface area contributed by atoms with Gasteiger partial charge in [0.15, 0.2) is 6.54 Å². The third-order valence-corrected chi connectivity index (χ3v) is 3.61. The predicted molar refractivity (Wildman–Crippen MR) is 85.8 cm³/mol. The number of anilines is 1. The molecule has 0 aliphatic carbocycles. The quantitative estimate of drug-likeness (QED) is 0.846. The number of rotatable bonds is 6. The molecule has 2 rings (SSSR count). The van der Waals surface area contributed by atoms with E-state index in [1.54, 1.807) is 18.2 Å². The average molecular weight is 301 g/mol. The molecule has 2 aromatic carbocycles. The van der Waals surface area contributed by atoms with E-state index in [1.807, 2.05) is 23.5 Å². The van der Waals surface area contributed by atoms with Crippen LogP contribution in [0, 0.1) is 11.7 Å². The van der Waals surface area contributed by atoms with E-state index in [1.165, 1.54) is 11.6 Å². The first kappa shape index (κ1) is 16.2. The molecule has 0 saturated carbocycles. The maximum Gasteiger partial charge on any atom is 0.279 e. The molecule has 0 aliphatic rings. The van der Waals surface area contributed by atoms with Gasteiger partial charge in [0.25, 0.3) is 5.91 Å². The molecule has 3 N–H and O–H groups in total. The Morgan fingerprint density at radius 1 is 1.09 bits per heavy atom. The second kappa shape index (κ2) is 7.71. The lowest BCUT2D eigenvalue weighted by atomic mass is 9.96. The van der Waals surface area contributed by atoms with Gasteiger partial charge in [0, 0.05) is 11.5 Å². The molecule has 1 amide bonds. The lowest BCUT2D eigenvalue weighted by Gasteiger charge is -2.19. The topological polar surface area (TPSA) is 45.7 Å². The van der Waals surface area contributed by atoms with Crippen LogP contribution < -0.4 is 10.6 Å². The van der Waals surface area contributed by atoms with Gasteiger partial charge in [-0.2, -0.15) is 0 Å². The fourth-order valence-corrected chi connectivity index (χ4v) is 2.47. The van der Waals surface area contributed by atoms with E-state index in [4.69, 9.17) is 0 Å². The number of hydrogen-bond donors (Lipinski definition) is 2. The third-order valence-electron chi connectivity index (χ3n) is 3.61. The molecule has 4 heteroatoms. The van der Waals surface area contributed by atoms with E-state index in [-0.39, 0.29) is 24.2 Å². The second-order valence-electron chi connectivity index (χ2n) is 5.65. The number of quaternary nitrogens is 1. The zero-order valence-electron chi connectivity index (χ0n) is 12.9. The van der Waals surface area contributed by atoms with Crippen LogP contribution in [0.3, 0.4) is 0 Å². The first-order valence-electron chi connectivity index (χ1n) is 7.50. The van der Waals surface area contributed by atoms with Gasteiger partial charge in [0.05, 0.1) is 5.69 Å². The molecular weight excluding hydrogens is 279 g/mol. The molecule has 0 bridgehead atoms. The van der Waals surface area contributed by atoms with Crippen molar-refractivity contribution in [3.05, 3.63) is 66.0 Å². The van der Waals surface area contributed by atoms with Gasteiger partial charge in [-0.1, -0.05) is 56.3 Å². The van der Waals surface area contributed by atoms with Gasteiger partial charge < -0.3 is 10.6 Å². The fourth-order valence-electron chi connectivity index (χ4n) is 2.47. The van der Waals surface area contributed by atoms with E-state index in [2.05, 4.69) is 31.3 Å². The standard InChI is InChI=1S/C18H21FN2O/c1-13(2)18(14-8-4-3-5-9-14)20-12-17(22)21-16-11-7-6-10-15(16)19/h3-11,13,18,20H,12H2,1-2H3,(H,21,22)/p+1/t18-/m0/s1. The van der Waals surface area contributed by atoms with Gasteiger partial charge in [-0.3, -0.25) is 4.79 Å². The Hall–Kier alpha value is -2.20. The van der Waals surface area contributed by atoms with E-state index in [0.717, 1.165) is 0 Å². The minimum absolute atomic E-state index is 0.201. The smallest absolute Gasteiger partial charge is 0.279 e. The normalized spacial score (nSPS) is 12.2. The van der Waals surface area contributed by atoms with Crippen molar-refractivity contribution in [2.75, 3.05) is 11.9 Å². The molecule has 2 aromatic rings. The van der Waals surface area contributed by atoms with Crippen molar-refractivity contribution in [1.29, 1.82) is 0 Å². The van der Waals surface area contributed by atoms with Crippen LogP contribution >= 0.6 is 0 Å². The summed E-state index contributed by atoms with van der Waals surface area (Å²) in [5, 5.41) is 4.61. The molecule has 3 nitrogen and oxygen atoms in total. The first-order chi connectivity index (χ1) is 10.6. The number of halogens is 1. The van der Waals surface area contributed by atoms with E-state index in [9.17, 15) is 9.18 Å². The molecule has 0 aliphatic heterocycles. The highest BCUT2D eigenvalue weighted by Crippen LogP contribution is 2.17. The van der Waals surface area contributed by atoms with Crippen molar-refractivity contribution in [3.8, 4) is 0 Å². The summed E-state index contributed by atoms with van der Waals surface area (Å²) >= 11 is 0. The largest absolute Gasteiger partial charge is 0.332 e. The molecule has 0 radical (unpaired) electrons. The van der Waals surface area contributed by atoms with Gasteiger partial charge in [0.1, 0.15) is 11.9 Å². The van der Waals surface area contributed by atoms with E-state index < -0.39 is 5.82 Å². The maximum atomic E-state index is 13.5. The number of nitrogens with two attached hydrogens (primary N) is 1. The Kier molecular flexibility index (Phi) is 5.67. The molecule has 116 valence electrons. The zero-order valence-corrected chi connectivity index (χ0v) is 12.9. The van der Waals surface area contributed by atoms with Gasteiger partial charge in [-0.25, -0.2) is 4.39 Å². The van der Waals surface area contributed by atoms with Crippen LogP contribution in [0.1, 0.15) is 25.5 Å². The predicted octanol–water partition coefficient (Wildman–Crippen LogP) is 2.72. The summed E-state index contributed by atoms with van der Waals surface area (Å²) < 4.78 is 13.5. The Balaban J connectivity index is 1.95. The minimum Gasteiger partial charge on any atom is -0.332 e.